The first kappa shape index (κ1) is 15.0. The molecular formula is C13H22N2O2S. The minimum atomic E-state index is -3.52. The summed E-state index contributed by atoms with van der Waals surface area (Å²) in [6.07, 6.45) is 1.48. The third kappa shape index (κ3) is 3.46. The van der Waals surface area contributed by atoms with Crippen LogP contribution in [0, 0.1) is 6.92 Å². The Morgan fingerprint density at radius 2 is 1.78 bits per heavy atom. The summed E-state index contributed by atoms with van der Waals surface area (Å²) in [5.41, 5.74) is 6.57. The Bertz CT molecular complexity index is 500. The van der Waals surface area contributed by atoms with E-state index in [9.17, 15) is 8.42 Å². The number of hydrogen-bond acceptors (Lipinski definition) is 3. The topological polar surface area (TPSA) is 72.2 Å². The molecule has 0 heterocycles. The molecule has 1 rings (SSSR count). The fourth-order valence-electron chi connectivity index (χ4n) is 1.71. The molecule has 102 valence electrons. The Labute approximate surface area is 110 Å². The molecule has 4 nitrogen and oxygen atoms in total. The quantitative estimate of drug-likeness (QED) is 0.807. The van der Waals surface area contributed by atoms with E-state index < -0.39 is 15.6 Å². The van der Waals surface area contributed by atoms with Crippen LogP contribution in [0.15, 0.2) is 23.1 Å². The van der Waals surface area contributed by atoms with Crippen molar-refractivity contribution in [2.24, 2.45) is 0 Å². The molecule has 0 saturated carbocycles. The smallest absolute Gasteiger partial charge is 0.241 e. The average molecular weight is 270 g/mol. The first-order chi connectivity index (χ1) is 8.22. The maximum Gasteiger partial charge on any atom is 0.241 e. The molecule has 0 radical (unpaired) electrons. The van der Waals surface area contributed by atoms with Crippen molar-refractivity contribution in [1.29, 1.82) is 0 Å². The van der Waals surface area contributed by atoms with Crippen LogP contribution in [0.25, 0.3) is 0 Å². The summed E-state index contributed by atoms with van der Waals surface area (Å²) in [5, 5.41) is 0. The van der Waals surface area contributed by atoms with Gasteiger partial charge in [0.2, 0.25) is 10.0 Å². The van der Waals surface area contributed by atoms with Gasteiger partial charge in [0.1, 0.15) is 0 Å². The van der Waals surface area contributed by atoms with E-state index in [1.54, 1.807) is 12.1 Å². The van der Waals surface area contributed by atoms with Crippen molar-refractivity contribution in [3.8, 4) is 0 Å². The van der Waals surface area contributed by atoms with Gasteiger partial charge in [-0.05, 0) is 50.5 Å². The van der Waals surface area contributed by atoms with Crippen LogP contribution in [0.3, 0.4) is 0 Å². The van der Waals surface area contributed by atoms with Gasteiger partial charge in [0.25, 0.3) is 0 Å². The number of aryl methyl sites for hydroxylation is 1. The SMILES string of the molecule is CCC(C)(CC)NS(=O)(=O)c1cc(C)cc(N)c1. The molecule has 18 heavy (non-hydrogen) atoms. The molecule has 0 aliphatic heterocycles. The van der Waals surface area contributed by atoms with Crippen LogP contribution in [-0.2, 0) is 10.0 Å². The molecule has 1 aromatic carbocycles. The van der Waals surface area contributed by atoms with E-state index in [0.29, 0.717) is 5.69 Å². The molecule has 0 aliphatic rings. The molecule has 0 aromatic heterocycles. The number of benzene rings is 1. The lowest BCUT2D eigenvalue weighted by Crippen LogP contribution is -2.44. The maximum atomic E-state index is 12.3. The van der Waals surface area contributed by atoms with Crippen molar-refractivity contribution in [2.45, 2.75) is 51.0 Å². The minimum absolute atomic E-state index is 0.230. The van der Waals surface area contributed by atoms with E-state index in [1.807, 2.05) is 27.7 Å². The van der Waals surface area contributed by atoms with E-state index in [2.05, 4.69) is 4.72 Å². The second kappa shape index (κ2) is 5.28. The molecular weight excluding hydrogens is 248 g/mol. The summed E-state index contributed by atoms with van der Waals surface area (Å²) >= 11 is 0. The highest BCUT2D eigenvalue weighted by Crippen LogP contribution is 2.21. The van der Waals surface area contributed by atoms with Gasteiger partial charge < -0.3 is 5.73 Å². The van der Waals surface area contributed by atoms with Crippen LogP contribution in [-0.4, -0.2) is 14.0 Å². The summed E-state index contributed by atoms with van der Waals surface area (Å²) in [6, 6.07) is 4.86. The molecule has 0 saturated heterocycles. The second-order valence-corrected chi connectivity index (χ2v) is 6.64. The van der Waals surface area contributed by atoms with Gasteiger partial charge in [-0.3, -0.25) is 0 Å². The molecule has 1 aromatic rings. The van der Waals surface area contributed by atoms with Crippen molar-refractivity contribution < 1.29 is 8.42 Å². The van der Waals surface area contributed by atoms with Gasteiger partial charge in [-0.1, -0.05) is 13.8 Å². The number of nitrogens with two attached hydrogens (primary N) is 1. The van der Waals surface area contributed by atoms with Crippen molar-refractivity contribution in [3.05, 3.63) is 23.8 Å². The van der Waals surface area contributed by atoms with Crippen molar-refractivity contribution in [2.75, 3.05) is 5.73 Å². The average Bonchev–Trinajstić information content (AvgIpc) is 2.27. The van der Waals surface area contributed by atoms with Crippen molar-refractivity contribution >= 4 is 15.7 Å². The zero-order valence-corrected chi connectivity index (χ0v) is 12.3. The molecule has 3 N–H and O–H groups in total. The summed E-state index contributed by atoms with van der Waals surface area (Å²) < 4.78 is 27.4. The normalized spacial score (nSPS) is 12.7. The van der Waals surface area contributed by atoms with Crippen LogP contribution in [0.2, 0.25) is 0 Å². The van der Waals surface area contributed by atoms with Crippen molar-refractivity contribution in [1.82, 2.24) is 4.72 Å². The lowest BCUT2D eigenvalue weighted by molar-refractivity contribution is 0.388. The van der Waals surface area contributed by atoms with Gasteiger partial charge in [-0.15, -0.1) is 0 Å². The van der Waals surface area contributed by atoms with E-state index in [1.165, 1.54) is 6.07 Å². The Kier molecular flexibility index (Phi) is 4.40. The van der Waals surface area contributed by atoms with Gasteiger partial charge in [0, 0.05) is 11.2 Å². The van der Waals surface area contributed by atoms with E-state index >= 15 is 0 Å². The predicted molar refractivity (Wildman–Crippen MR) is 74.9 cm³/mol. The van der Waals surface area contributed by atoms with E-state index in [0.717, 1.165) is 18.4 Å². The standard InChI is InChI=1S/C13H22N2O2S/c1-5-13(4,6-2)15-18(16,17)12-8-10(3)7-11(14)9-12/h7-9,15H,5-6,14H2,1-4H3. The lowest BCUT2D eigenvalue weighted by atomic mass is 9.98. The van der Waals surface area contributed by atoms with E-state index in [-0.39, 0.29) is 4.90 Å². The van der Waals surface area contributed by atoms with Crippen LogP contribution in [0.5, 0.6) is 0 Å². The highest BCUT2D eigenvalue weighted by Gasteiger charge is 2.27. The minimum Gasteiger partial charge on any atom is -0.399 e. The fourth-order valence-corrected chi connectivity index (χ4v) is 3.40. The van der Waals surface area contributed by atoms with Crippen LogP contribution in [0.1, 0.15) is 39.2 Å². The highest BCUT2D eigenvalue weighted by atomic mass is 32.2. The maximum absolute atomic E-state index is 12.3. The first-order valence-corrected chi connectivity index (χ1v) is 7.62. The Balaban J connectivity index is 3.14. The lowest BCUT2D eigenvalue weighted by Gasteiger charge is -2.27. The summed E-state index contributed by atoms with van der Waals surface area (Å²) in [4.78, 5) is 0.230. The van der Waals surface area contributed by atoms with Gasteiger partial charge in [-0.25, -0.2) is 13.1 Å². The summed E-state index contributed by atoms with van der Waals surface area (Å²) in [7, 11) is -3.52. The van der Waals surface area contributed by atoms with Gasteiger partial charge in [0.15, 0.2) is 0 Å². The highest BCUT2D eigenvalue weighted by molar-refractivity contribution is 7.89. The third-order valence-corrected chi connectivity index (χ3v) is 4.94. The Morgan fingerprint density at radius 3 is 2.22 bits per heavy atom. The molecule has 0 spiro atoms. The summed E-state index contributed by atoms with van der Waals surface area (Å²) in [5.74, 6) is 0. The number of nitrogens with one attached hydrogen (secondary N) is 1. The van der Waals surface area contributed by atoms with Crippen LogP contribution < -0.4 is 10.5 Å². The molecule has 5 heteroatoms. The van der Waals surface area contributed by atoms with Gasteiger partial charge in [-0.2, -0.15) is 0 Å². The largest absolute Gasteiger partial charge is 0.399 e. The van der Waals surface area contributed by atoms with Crippen molar-refractivity contribution in [3.63, 3.8) is 0 Å². The number of anilines is 1. The Hall–Kier alpha value is -1.07. The van der Waals surface area contributed by atoms with Crippen LogP contribution in [0.4, 0.5) is 5.69 Å². The first-order valence-electron chi connectivity index (χ1n) is 6.13. The number of sulfonamides is 1. The third-order valence-electron chi connectivity index (χ3n) is 3.32. The van der Waals surface area contributed by atoms with Crippen LogP contribution >= 0.6 is 0 Å². The zero-order valence-electron chi connectivity index (χ0n) is 11.4. The Morgan fingerprint density at radius 1 is 1.22 bits per heavy atom. The second-order valence-electron chi connectivity index (χ2n) is 4.95. The molecule has 0 fully saturated rings. The monoisotopic (exact) mass is 270 g/mol. The zero-order chi connectivity index (χ0) is 14.0. The van der Waals surface area contributed by atoms with Gasteiger partial charge in [0.05, 0.1) is 4.90 Å². The number of nitrogen functional groups attached to an aromatic ring is 1. The summed E-state index contributed by atoms with van der Waals surface area (Å²) in [6.45, 7) is 7.67. The predicted octanol–water partition coefficient (Wildman–Crippen LogP) is 2.43. The molecule has 0 unspecified atom stereocenters. The van der Waals surface area contributed by atoms with Gasteiger partial charge >= 0.3 is 0 Å². The fraction of sp³-hybridized carbons (Fsp3) is 0.538. The molecule has 0 aliphatic carbocycles. The molecule has 0 bridgehead atoms. The molecule has 0 atom stereocenters. The number of rotatable bonds is 5. The molecule has 0 amide bonds. The number of hydrogen-bond donors (Lipinski definition) is 2. The van der Waals surface area contributed by atoms with E-state index in [4.69, 9.17) is 5.73 Å².